The molecule has 1 rings (SSSR count). The number of aliphatic hydroxyl groups is 1. The number of likely N-dealkylation sites (N-methyl/N-ethyl adjacent to an activating group) is 1. The predicted molar refractivity (Wildman–Crippen MR) is 75.8 cm³/mol. The van der Waals surface area contributed by atoms with E-state index in [0.29, 0.717) is 5.92 Å². The minimum Gasteiger partial charge on any atom is -0.395 e. The fraction of sp³-hybridized carbons (Fsp3) is 0.571. The molecule has 1 unspecified atom stereocenters. The van der Waals surface area contributed by atoms with Crippen LogP contribution in [0, 0.1) is 0 Å². The lowest BCUT2D eigenvalue weighted by Gasteiger charge is -2.14. The highest BCUT2D eigenvalue weighted by molar-refractivity contribution is 7.99. The lowest BCUT2D eigenvalue weighted by molar-refractivity contribution is 0.255. The topological polar surface area (TPSA) is 32.3 Å². The molecule has 0 saturated heterocycles. The number of nitrogens with one attached hydrogen (secondary N) is 1. The third-order valence-corrected chi connectivity index (χ3v) is 3.89. The van der Waals surface area contributed by atoms with Crippen molar-refractivity contribution in [3.63, 3.8) is 0 Å². The highest BCUT2D eigenvalue weighted by Gasteiger charge is 2.06. The van der Waals surface area contributed by atoms with Gasteiger partial charge in [-0.2, -0.15) is 0 Å². The average Bonchev–Trinajstić information content (AvgIpc) is 2.35. The van der Waals surface area contributed by atoms with E-state index < -0.39 is 0 Å². The Hall–Kier alpha value is -0.510. The first kappa shape index (κ1) is 14.6. The molecule has 0 radical (unpaired) electrons. The first-order valence-electron chi connectivity index (χ1n) is 6.24. The summed E-state index contributed by atoms with van der Waals surface area (Å²) < 4.78 is 0. The Morgan fingerprint density at radius 3 is 2.35 bits per heavy atom. The molecule has 1 aromatic carbocycles. The molecule has 0 aromatic heterocycles. The molecule has 0 aliphatic heterocycles. The van der Waals surface area contributed by atoms with Gasteiger partial charge < -0.3 is 10.4 Å². The summed E-state index contributed by atoms with van der Waals surface area (Å²) in [5.74, 6) is 1.49. The second-order valence-electron chi connectivity index (χ2n) is 4.47. The molecule has 1 atom stereocenters. The van der Waals surface area contributed by atoms with Crippen LogP contribution in [0.5, 0.6) is 0 Å². The molecule has 0 amide bonds. The molecule has 3 heteroatoms. The van der Waals surface area contributed by atoms with Crippen LogP contribution in [0.25, 0.3) is 0 Å². The van der Waals surface area contributed by atoms with E-state index in [2.05, 4.69) is 50.4 Å². The van der Waals surface area contributed by atoms with E-state index in [9.17, 15) is 5.11 Å². The van der Waals surface area contributed by atoms with Crippen LogP contribution < -0.4 is 5.32 Å². The van der Waals surface area contributed by atoms with Crippen molar-refractivity contribution in [2.75, 3.05) is 18.9 Å². The van der Waals surface area contributed by atoms with E-state index in [1.165, 1.54) is 10.5 Å². The van der Waals surface area contributed by atoms with Gasteiger partial charge in [0.05, 0.1) is 6.61 Å². The lowest BCUT2D eigenvalue weighted by Crippen LogP contribution is -2.34. The van der Waals surface area contributed by atoms with Crippen LogP contribution in [0.3, 0.4) is 0 Å². The van der Waals surface area contributed by atoms with Gasteiger partial charge in [-0.3, -0.25) is 0 Å². The number of hydrogen-bond acceptors (Lipinski definition) is 3. The summed E-state index contributed by atoms with van der Waals surface area (Å²) in [6, 6.07) is 8.90. The monoisotopic (exact) mass is 253 g/mol. The second kappa shape index (κ2) is 7.75. The maximum Gasteiger partial charge on any atom is 0.0592 e. The Morgan fingerprint density at radius 2 is 1.88 bits per heavy atom. The summed E-state index contributed by atoms with van der Waals surface area (Å²) in [7, 11) is 0. The SMILES string of the molecule is CCNC(CO)CSc1ccc(C(C)C)cc1. The van der Waals surface area contributed by atoms with Gasteiger partial charge in [-0.1, -0.05) is 32.9 Å². The Labute approximate surface area is 109 Å². The van der Waals surface area contributed by atoms with Crippen molar-refractivity contribution < 1.29 is 5.11 Å². The molecule has 0 saturated carbocycles. The van der Waals surface area contributed by atoms with Crippen molar-refractivity contribution in [2.45, 2.75) is 37.6 Å². The minimum atomic E-state index is 0.190. The molecule has 1 aromatic rings. The van der Waals surface area contributed by atoms with Gasteiger partial charge >= 0.3 is 0 Å². The first-order chi connectivity index (χ1) is 8.17. The van der Waals surface area contributed by atoms with Gasteiger partial charge in [0.2, 0.25) is 0 Å². The maximum absolute atomic E-state index is 9.18. The van der Waals surface area contributed by atoms with Gasteiger partial charge in [0, 0.05) is 16.7 Å². The fourth-order valence-electron chi connectivity index (χ4n) is 1.61. The van der Waals surface area contributed by atoms with Gasteiger partial charge in [0.25, 0.3) is 0 Å². The van der Waals surface area contributed by atoms with Crippen LogP contribution in [0.15, 0.2) is 29.2 Å². The molecule has 0 heterocycles. The second-order valence-corrected chi connectivity index (χ2v) is 5.57. The molecular weight excluding hydrogens is 230 g/mol. The minimum absolute atomic E-state index is 0.190. The third kappa shape index (κ3) is 5.11. The molecular formula is C14H23NOS. The van der Waals surface area contributed by atoms with Crippen LogP contribution in [-0.4, -0.2) is 30.1 Å². The van der Waals surface area contributed by atoms with E-state index in [1.807, 2.05) is 0 Å². The zero-order valence-electron chi connectivity index (χ0n) is 10.9. The smallest absolute Gasteiger partial charge is 0.0592 e. The van der Waals surface area contributed by atoms with Gasteiger partial charge in [0.15, 0.2) is 0 Å². The molecule has 0 spiro atoms. The van der Waals surface area contributed by atoms with E-state index >= 15 is 0 Å². The number of rotatable bonds is 7. The van der Waals surface area contributed by atoms with Crippen molar-refractivity contribution in [3.8, 4) is 0 Å². The van der Waals surface area contributed by atoms with Crippen molar-refractivity contribution in [1.29, 1.82) is 0 Å². The fourth-order valence-corrected chi connectivity index (χ4v) is 2.56. The molecule has 0 aliphatic carbocycles. The highest BCUT2D eigenvalue weighted by Crippen LogP contribution is 2.22. The van der Waals surface area contributed by atoms with Crippen LogP contribution in [0.1, 0.15) is 32.3 Å². The van der Waals surface area contributed by atoms with Gasteiger partial charge in [-0.15, -0.1) is 11.8 Å². The average molecular weight is 253 g/mol. The maximum atomic E-state index is 9.18. The number of benzene rings is 1. The van der Waals surface area contributed by atoms with Gasteiger partial charge in [-0.05, 0) is 30.2 Å². The Morgan fingerprint density at radius 1 is 1.24 bits per heavy atom. The van der Waals surface area contributed by atoms with Crippen LogP contribution >= 0.6 is 11.8 Å². The van der Waals surface area contributed by atoms with Crippen LogP contribution in [0.4, 0.5) is 0 Å². The normalized spacial score (nSPS) is 13.0. The Kier molecular flexibility index (Phi) is 6.63. The summed E-state index contributed by atoms with van der Waals surface area (Å²) in [5, 5.41) is 12.4. The van der Waals surface area contributed by atoms with Crippen LogP contribution in [0.2, 0.25) is 0 Å². The number of aliphatic hydroxyl groups excluding tert-OH is 1. The molecule has 96 valence electrons. The van der Waals surface area contributed by atoms with E-state index in [1.54, 1.807) is 11.8 Å². The van der Waals surface area contributed by atoms with Crippen molar-refractivity contribution >= 4 is 11.8 Å². The first-order valence-corrected chi connectivity index (χ1v) is 7.23. The molecule has 2 nitrogen and oxygen atoms in total. The number of hydrogen-bond donors (Lipinski definition) is 2. The van der Waals surface area contributed by atoms with Crippen molar-refractivity contribution in [1.82, 2.24) is 5.32 Å². The quantitative estimate of drug-likeness (QED) is 0.733. The molecule has 2 N–H and O–H groups in total. The summed E-state index contributed by atoms with van der Waals surface area (Å²) >= 11 is 1.79. The lowest BCUT2D eigenvalue weighted by atomic mass is 10.0. The van der Waals surface area contributed by atoms with Gasteiger partial charge in [0.1, 0.15) is 0 Å². The standard InChI is InChI=1S/C14H23NOS/c1-4-15-13(9-16)10-17-14-7-5-12(6-8-14)11(2)3/h5-8,11,13,15-16H,4,9-10H2,1-3H3. The van der Waals surface area contributed by atoms with Crippen molar-refractivity contribution in [2.24, 2.45) is 0 Å². The zero-order chi connectivity index (χ0) is 12.7. The van der Waals surface area contributed by atoms with Crippen LogP contribution in [-0.2, 0) is 0 Å². The number of thioether (sulfide) groups is 1. The van der Waals surface area contributed by atoms with E-state index in [0.717, 1.165) is 12.3 Å². The Balaban J connectivity index is 2.46. The third-order valence-electron chi connectivity index (χ3n) is 2.71. The van der Waals surface area contributed by atoms with E-state index in [-0.39, 0.29) is 12.6 Å². The summed E-state index contributed by atoms with van der Waals surface area (Å²) in [5.41, 5.74) is 1.37. The Bertz CT molecular complexity index is 311. The molecule has 0 aliphatic rings. The predicted octanol–water partition coefficient (Wildman–Crippen LogP) is 2.87. The van der Waals surface area contributed by atoms with Gasteiger partial charge in [-0.25, -0.2) is 0 Å². The van der Waals surface area contributed by atoms with Crippen molar-refractivity contribution in [3.05, 3.63) is 29.8 Å². The summed E-state index contributed by atoms with van der Waals surface area (Å²) in [6.45, 7) is 7.57. The summed E-state index contributed by atoms with van der Waals surface area (Å²) in [4.78, 5) is 1.27. The molecule has 0 bridgehead atoms. The zero-order valence-corrected chi connectivity index (χ0v) is 11.8. The summed E-state index contributed by atoms with van der Waals surface area (Å²) in [6.07, 6.45) is 0. The van der Waals surface area contributed by atoms with E-state index in [4.69, 9.17) is 0 Å². The highest BCUT2D eigenvalue weighted by atomic mass is 32.2. The molecule has 17 heavy (non-hydrogen) atoms. The molecule has 0 fully saturated rings. The largest absolute Gasteiger partial charge is 0.395 e.